The van der Waals surface area contributed by atoms with Crippen LogP contribution in [-0.2, 0) is 38.4 Å². The van der Waals surface area contributed by atoms with Crippen LogP contribution in [-0.4, -0.2) is 118 Å². The molecule has 340 valence electrons. The number of aliphatic carboxylic acids is 1. The molecule has 3 saturated heterocycles. The third-order valence-corrected chi connectivity index (χ3v) is 12.9. The summed E-state index contributed by atoms with van der Waals surface area (Å²) in [5.41, 5.74) is 10.7. The number of alkyl carbamates (subject to hydrolysis) is 1. The minimum atomic E-state index is -1.04. The average molecular weight is 866 g/mol. The lowest BCUT2D eigenvalue weighted by molar-refractivity contribution is -0.147. The number of aryl methyl sites for hydroxylation is 1. The first-order valence-electron chi connectivity index (χ1n) is 22.7. The van der Waals surface area contributed by atoms with Gasteiger partial charge in [0.2, 0.25) is 0 Å². The number of nitrogens with zero attached hydrogens (tertiary/aromatic N) is 5. The molecule has 14 heteroatoms. The number of pyridine rings is 1. The normalized spacial score (nSPS) is 19.5. The number of carboxylic acids is 1. The molecule has 2 amide bonds. The van der Waals surface area contributed by atoms with Crippen LogP contribution in [0.5, 0.6) is 0 Å². The van der Waals surface area contributed by atoms with Gasteiger partial charge in [-0.15, -0.1) is 0 Å². The first-order chi connectivity index (χ1) is 30.0. The molecule has 63 heavy (non-hydrogen) atoms. The number of piperazine rings is 1. The zero-order valence-electron chi connectivity index (χ0n) is 38.4. The number of carbonyl (C=O) groups excluding carboxylic acids is 2. The van der Waals surface area contributed by atoms with Crippen LogP contribution in [0.3, 0.4) is 0 Å². The number of benzene rings is 2. The quantitative estimate of drug-likeness (QED) is 0.104. The Hall–Kier alpha value is -5.02. The third-order valence-electron chi connectivity index (χ3n) is 12.9. The molecule has 0 aliphatic carbocycles. The number of fused-ring (bicyclic) bond motifs is 2. The summed E-state index contributed by atoms with van der Waals surface area (Å²) in [7, 11) is 1.72. The molecule has 0 radical (unpaired) electrons. The Labute approximate surface area is 371 Å². The number of carbonyl (C=O) groups is 3. The SMILES string of the molecule is CCn1c(-c2cc(N3CCN4CCC[C@@H]4C3)cnc2C(C)OC)c(CC(C)(C)CO)c2cc(-c3cccc(CC(NC(=O)OC(C)(C)C)C(=O)N4CCC[C@@H](C(=O)O)N4)c3)ccc21. The largest absolute Gasteiger partial charge is 0.480 e. The van der Waals surface area contributed by atoms with Crippen LogP contribution in [0.4, 0.5) is 10.5 Å². The maximum absolute atomic E-state index is 14.0. The van der Waals surface area contributed by atoms with Crippen molar-refractivity contribution in [2.45, 2.75) is 123 Å². The maximum Gasteiger partial charge on any atom is 0.408 e. The van der Waals surface area contributed by atoms with Gasteiger partial charge >= 0.3 is 12.1 Å². The van der Waals surface area contributed by atoms with Gasteiger partial charge in [-0.1, -0.05) is 44.2 Å². The summed E-state index contributed by atoms with van der Waals surface area (Å²) in [5, 5.41) is 25.5. The number of aliphatic hydroxyl groups is 1. The lowest BCUT2D eigenvalue weighted by Crippen LogP contribution is -2.60. The third kappa shape index (κ3) is 10.4. The smallest absolute Gasteiger partial charge is 0.408 e. The minimum Gasteiger partial charge on any atom is -0.480 e. The van der Waals surface area contributed by atoms with Crippen LogP contribution in [0.25, 0.3) is 33.3 Å². The number of nitrogens with one attached hydrogen (secondary N) is 2. The summed E-state index contributed by atoms with van der Waals surface area (Å²) in [6.07, 6.45) is 5.16. The molecule has 2 aromatic carbocycles. The van der Waals surface area contributed by atoms with Crippen molar-refractivity contribution in [3.8, 4) is 22.4 Å². The highest BCUT2D eigenvalue weighted by atomic mass is 16.6. The maximum atomic E-state index is 14.0. The van der Waals surface area contributed by atoms with Crippen LogP contribution >= 0.6 is 0 Å². The van der Waals surface area contributed by atoms with Crippen molar-refractivity contribution in [3.63, 3.8) is 0 Å². The Bertz CT molecular complexity index is 2300. The van der Waals surface area contributed by atoms with Gasteiger partial charge in [0.15, 0.2) is 0 Å². The van der Waals surface area contributed by atoms with Crippen molar-refractivity contribution >= 4 is 34.6 Å². The number of hydrogen-bond acceptors (Lipinski definition) is 10. The summed E-state index contributed by atoms with van der Waals surface area (Å²) < 4.78 is 13.9. The van der Waals surface area contributed by atoms with E-state index in [4.69, 9.17) is 14.5 Å². The van der Waals surface area contributed by atoms with E-state index in [1.807, 2.05) is 37.4 Å². The Morgan fingerprint density at radius 3 is 2.46 bits per heavy atom. The molecule has 3 fully saturated rings. The van der Waals surface area contributed by atoms with Gasteiger partial charge in [-0.05, 0) is 119 Å². The van der Waals surface area contributed by atoms with Crippen molar-refractivity contribution in [1.29, 1.82) is 0 Å². The fourth-order valence-electron chi connectivity index (χ4n) is 9.52. The van der Waals surface area contributed by atoms with E-state index < -0.39 is 41.1 Å². The van der Waals surface area contributed by atoms with Crippen molar-refractivity contribution < 1.29 is 34.1 Å². The average Bonchev–Trinajstić information content (AvgIpc) is 3.86. The second-order valence-corrected chi connectivity index (χ2v) is 19.3. The molecule has 0 spiro atoms. The molecule has 2 unspecified atom stereocenters. The minimum absolute atomic E-state index is 0.0133. The first-order valence-corrected chi connectivity index (χ1v) is 22.7. The van der Waals surface area contributed by atoms with E-state index in [1.54, 1.807) is 27.9 Å². The Morgan fingerprint density at radius 1 is 0.984 bits per heavy atom. The molecule has 3 aliphatic rings. The van der Waals surface area contributed by atoms with E-state index in [9.17, 15) is 24.6 Å². The zero-order valence-corrected chi connectivity index (χ0v) is 38.4. The van der Waals surface area contributed by atoms with Crippen LogP contribution < -0.4 is 15.6 Å². The van der Waals surface area contributed by atoms with E-state index in [1.165, 1.54) is 24.4 Å². The highest BCUT2D eigenvalue weighted by molar-refractivity contribution is 5.96. The summed E-state index contributed by atoms with van der Waals surface area (Å²) in [4.78, 5) is 49.2. The highest BCUT2D eigenvalue weighted by Gasteiger charge is 2.35. The molecule has 7 rings (SSSR count). The predicted octanol–water partition coefficient (Wildman–Crippen LogP) is 6.96. The van der Waals surface area contributed by atoms with E-state index >= 15 is 0 Å². The standard InChI is InChI=1S/C49H67N7O7/c1-9-55-42-18-17-34(33-14-10-13-32(23-33)24-41(51-47(61)63-48(3,4)5)45(58)56-20-12-16-40(52-56)46(59)60)25-37(42)39(27-49(6,7)30-57)44(55)38-26-36(28-50-43(38)31(2)62-8)54-22-21-53-19-11-15-35(53)29-54/h10,13-14,17-18,23,25-26,28,31,35,40-41,52,57H,9,11-12,15-16,19-22,24,27,29-30H2,1-8H3,(H,51,61)(H,59,60)/t31?,35-,40+,41?/m1/s1. The van der Waals surface area contributed by atoms with E-state index in [-0.39, 0.29) is 19.1 Å². The monoisotopic (exact) mass is 866 g/mol. The molecule has 5 heterocycles. The summed E-state index contributed by atoms with van der Waals surface area (Å²) in [5.74, 6) is -1.48. The zero-order chi connectivity index (χ0) is 45.2. The van der Waals surface area contributed by atoms with Gasteiger partial charge in [-0.2, -0.15) is 0 Å². The molecule has 4 N–H and O–H groups in total. The van der Waals surface area contributed by atoms with Gasteiger partial charge in [0.05, 0.1) is 29.4 Å². The second kappa shape index (κ2) is 19.0. The summed E-state index contributed by atoms with van der Waals surface area (Å²) in [6.45, 7) is 18.9. The topological polar surface area (TPSA) is 162 Å². The number of hydrazine groups is 1. The molecule has 3 aliphatic heterocycles. The van der Waals surface area contributed by atoms with Gasteiger partial charge in [0.25, 0.3) is 5.91 Å². The van der Waals surface area contributed by atoms with Crippen LogP contribution in [0.2, 0.25) is 0 Å². The van der Waals surface area contributed by atoms with Gasteiger partial charge in [-0.3, -0.25) is 24.5 Å². The lowest BCUT2D eigenvalue weighted by Gasteiger charge is -2.39. The fraction of sp³-hybridized carbons (Fsp3) is 0.551. The number of amides is 2. The van der Waals surface area contributed by atoms with Crippen LogP contribution in [0, 0.1) is 5.41 Å². The van der Waals surface area contributed by atoms with Crippen molar-refractivity contribution in [2.24, 2.45) is 5.41 Å². The van der Waals surface area contributed by atoms with Crippen molar-refractivity contribution in [3.05, 3.63) is 71.5 Å². The molecular weight excluding hydrogens is 799 g/mol. The number of rotatable bonds is 14. The number of ether oxygens (including phenoxy) is 2. The molecular formula is C49H67N7O7. The van der Waals surface area contributed by atoms with E-state index in [0.29, 0.717) is 38.4 Å². The number of carboxylic acid groups (broad SMARTS) is 1. The van der Waals surface area contributed by atoms with Gasteiger partial charge in [-0.25, -0.2) is 10.2 Å². The van der Waals surface area contributed by atoms with Gasteiger partial charge in [0.1, 0.15) is 17.7 Å². The lowest BCUT2D eigenvalue weighted by atomic mass is 9.84. The molecule has 4 atom stereocenters. The number of anilines is 1. The van der Waals surface area contributed by atoms with E-state index in [0.717, 1.165) is 75.4 Å². The second-order valence-electron chi connectivity index (χ2n) is 19.3. The number of aromatic nitrogens is 2. The van der Waals surface area contributed by atoms with E-state index in [2.05, 4.69) is 70.1 Å². The predicted molar refractivity (Wildman–Crippen MR) is 245 cm³/mol. The molecule has 0 saturated carbocycles. The highest BCUT2D eigenvalue weighted by Crippen LogP contribution is 2.43. The summed E-state index contributed by atoms with van der Waals surface area (Å²) >= 11 is 0. The number of aliphatic hydroxyl groups excluding tert-OH is 1. The van der Waals surface area contributed by atoms with Crippen LogP contribution in [0.15, 0.2) is 54.7 Å². The molecule has 0 bridgehead atoms. The molecule has 14 nitrogen and oxygen atoms in total. The fourth-order valence-corrected chi connectivity index (χ4v) is 9.52. The summed E-state index contributed by atoms with van der Waals surface area (Å²) in [6, 6.07) is 15.4. The van der Waals surface area contributed by atoms with Crippen molar-refractivity contribution in [1.82, 2.24) is 30.2 Å². The molecule has 4 aromatic rings. The van der Waals surface area contributed by atoms with Crippen LogP contribution in [0.1, 0.15) is 97.1 Å². The molecule has 2 aromatic heterocycles. The first kappa shape index (κ1) is 46.0. The van der Waals surface area contributed by atoms with Crippen molar-refractivity contribution in [2.75, 3.05) is 51.3 Å². The Kier molecular flexibility index (Phi) is 13.9. The van der Waals surface area contributed by atoms with Gasteiger partial charge in [0, 0.05) is 75.4 Å². The number of methoxy groups -OCH3 is 1. The number of hydrogen-bond donors (Lipinski definition) is 4. The Morgan fingerprint density at radius 2 is 1.75 bits per heavy atom. The van der Waals surface area contributed by atoms with Gasteiger partial charge < -0.3 is 34.5 Å². The Balaban J connectivity index is 1.29.